The van der Waals surface area contributed by atoms with E-state index in [0.717, 1.165) is 10.0 Å². The monoisotopic (exact) mass is 411 g/mol. The maximum atomic E-state index is 12.3. The minimum Gasteiger partial charge on any atom is -1.00 e. The second-order valence-corrected chi connectivity index (χ2v) is 6.86. The maximum absolute atomic E-state index is 12.3. The zero-order valence-electron chi connectivity index (χ0n) is 12.4. The number of nitrogens with zero attached hydrogens (tertiary/aromatic N) is 1. The molecule has 112 valence electrons. The van der Waals surface area contributed by atoms with Crippen molar-refractivity contribution in [3.63, 3.8) is 0 Å². The normalized spacial score (nSPS) is 10.9. The number of carbonyl (C=O) groups is 1. The van der Waals surface area contributed by atoms with Gasteiger partial charge in [0.15, 0.2) is 12.4 Å². The number of hydrogen-bond acceptors (Lipinski definition) is 1. The molecule has 0 atom stereocenters. The number of hydrogen-bond donors (Lipinski definition) is 0. The van der Waals surface area contributed by atoms with E-state index in [4.69, 9.17) is 0 Å². The molecule has 2 rings (SSSR count). The Kier molecular flexibility index (Phi) is 6.29. The predicted octanol–water partition coefficient (Wildman–Crippen LogP) is 0.921. The molecule has 0 spiro atoms. The first kappa shape index (κ1) is 18.1. The Balaban J connectivity index is 0.00000220. The van der Waals surface area contributed by atoms with Crippen LogP contribution in [0.1, 0.15) is 36.7 Å². The van der Waals surface area contributed by atoms with Crippen LogP contribution in [-0.4, -0.2) is 5.78 Å². The van der Waals surface area contributed by atoms with E-state index in [1.165, 1.54) is 5.56 Å². The minimum absolute atomic E-state index is 0. The van der Waals surface area contributed by atoms with Gasteiger partial charge in [-0.3, -0.25) is 4.79 Å². The van der Waals surface area contributed by atoms with E-state index in [9.17, 15) is 4.79 Å². The molecule has 1 heterocycles. The fourth-order valence-electron chi connectivity index (χ4n) is 2.00. The predicted molar refractivity (Wildman–Crippen MR) is 83.8 cm³/mol. The van der Waals surface area contributed by atoms with Gasteiger partial charge in [-0.15, -0.1) is 0 Å². The molecule has 2 aromatic rings. The van der Waals surface area contributed by atoms with Gasteiger partial charge in [0, 0.05) is 11.6 Å². The van der Waals surface area contributed by atoms with Crippen molar-refractivity contribution in [3.05, 3.63) is 64.4 Å². The van der Waals surface area contributed by atoms with Gasteiger partial charge in [-0.25, -0.2) is 0 Å². The molecule has 0 saturated carbocycles. The Labute approximate surface area is 145 Å². The molecule has 0 aliphatic carbocycles. The summed E-state index contributed by atoms with van der Waals surface area (Å²) in [5.41, 5.74) is 2.11. The number of Topliss-reactive ketones (excluding diaryl/α,β-unsaturated/α-hetero) is 1. The molecule has 0 amide bonds. The van der Waals surface area contributed by atoms with E-state index in [1.54, 1.807) is 0 Å². The summed E-state index contributed by atoms with van der Waals surface area (Å²) in [6, 6.07) is 11.8. The number of pyridine rings is 1. The van der Waals surface area contributed by atoms with Crippen LogP contribution in [0.3, 0.4) is 0 Å². The van der Waals surface area contributed by atoms with E-state index in [-0.39, 0.29) is 28.2 Å². The second-order valence-electron chi connectivity index (χ2n) is 5.95. The number of benzene rings is 1. The van der Waals surface area contributed by atoms with Crippen LogP contribution in [-0.2, 0) is 12.0 Å². The Hall–Kier alpha value is -1.000. The lowest BCUT2D eigenvalue weighted by Gasteiger charge is -2.18. The smallest absolute Gasteiger partial charge is 0.227 e. The summed E-state index contributed by atoms with van der Waals surface area (Å²) >= 11 is 3.41. The van der Waals surface area contributed by atoms with Crippen LogP contribution in [0.25, 0.3) is 0 Å². The first-order chi connectivity index (χ1) is 9.36. The number of ketones is 1. The van der Waals surface area contributed by atoms with Gasteiger partial charge in [0.1, 0.15) is 0 Å². The summed E-state index contributed by atoms with van der Waals surface area (Å²) < 4.78 is 2.85. The van der Waals surface area contributed by atoms with Crippen LogP contribution in [0, 0.1) is 0 Å². The number of halogens is 2. The highest BCUT2D eigenvalue weighted by molar-refractivity contribution is 9.10. The number of rotatable bonds is 3. The Morgan fingerprint density at radius 1 is 1.14 bits per heavy atom. The van der Waals surface area contributed by atoms with Crippen molar-refractivity contribution < 1.29 is 26.3 Å². The maximum Gasteiger partial charge on any atom is 0.227 e. The van der Waals surface area contributed by atoms with Crippen molar-refractivity contribution in [2.45, 2.75) is 32.7 Å². The van der Waals surface area contributed by atoms with Gasteiger partial charge < -0.3 is 17.0 Å². The third kappa shape index (κ3) is 5.04. The Morgan fingerprint density at radius 3 is 2.29 bits per heavy atom. The Bertz CT molecular complexity index is 615. The van der Waals surface area contributed by atoms with Gasteiger partial charge in [-0.05, 0) is 33.0 Å². The zero-order valence-corrected chi connectivity index (χ0v) is 15.6. The average Bonchev–Trinajstić information content (AvgIpc) is 2.38. The molecule has 0 radical (unpaired) electrons. The average molecular weight is 413 g/mol. The molecule has 4 heteroatoms. The van der Waals surface area contributed by atoms with Gasteiger partial charge in [-0.1, -0.05) is 45.0 Å². The van der Waals surface area contributed by atoms with Gasteiger partial charge >= 0.3 is 0 Å². The third-order valence-electron chi connectivity index (χ3n) is 3.22. The molecule has 0 bridgehead atoms. The summed E-state index contributed by atoms with van der Waals surface area (Å²) in [5, 5.41) is 0. The second kappa shape index (κ2) is 7.32. The fraction of sp³-hybridized carbons (Fsp3) is 0.294. The van der Waals surface area contributed by atoms with E-state index < -0.39 is 0 Å². The number of aromatic nitrogens is 1. The van der Waals surface area contributed by atoms with Crippen LogP contribution in [0.4, 0.5) is 0 Å². The lowest BCUT2D eigenvalue weighted by Crippen LogP contribution is -3.00. The van der Waals surface area contributed by atoms with Gasteiger partial charge in [-0.2, -0.15) is 4.57 Å². The molecule has 0 aliphatic rings. The Morgan fingerprint density at radius 2 is 1.76 bits per heavy atom. The molecule has 21 heavy (non-hydrogen) atoms. The number of carbonyl (C=O) groups excluding carboxylic acids is 1. The highest BCUT2D eigenvalue weighted by Crippen LogP contribution is 2.22. The van der Waals surface area contributed by atoms with Crippen molar-refractivity contribution in [1.82, 2.24) is 0 Å². The molecule has 0 unspecified atom stereocenters. The van der Waals surface area contributed by atoms with Crippen molar-refractivity contribution in [2.75, 3.05) is 0 Å². The van der Waals surface area contributed by atoms with Crippen molar-refractivity contribution in [3.8, 4) is 0 Å². The molecular weight excluding hydrogens is 394 g/mol. The van der Waals surface area contributed by atoms with Gasteiger partial charge in [0.05, 0.1) is 4.47 Å². The van der Waals surface area contributed by atoms with Crippen LogP contribution in [0.2, 0.25) is 0 Å². The van der Waals surface area contributed by atoms with Crippen molar-refractivity contribution in [1.29, 1.82) is 0 Å². The molecule has 0 aliphatic heterocycles. The molecule has 0 N–H and O–H groups in total. The standard InChI is InChI=1S/C17H19BrNO.BrH/c1-17(2,3)14-8-6-13(7-9-14)16(20)12-19-10-4-5-15(18)11-19;/h4-11H,12H2,1-3H3;1H/q+1;/p-1. The largest absolute Gasteiger partial charge is 1.00 e. The summed E-state index contributed by atoms with van der Waals surface area (Å²) in [7, 11) is 0. The fourth-order valence-corrected chi connectivity index (χ4v) is 2.42. The first-order valence-corrected chi connectivity index (χ1v) is 7.44. The SMILES string of the molecule is CC(C)(C)c1ccc(C(=O)C[n+]2cccc(Br)c2)cc1.[Br-]. The van der Waals surface area contributed by atoms with Crippen LogP contribution >= 0.6 is 15.9 Å². The topological polar surface area (TPSA) is 20.9 Å². The van der Waals surface area contributed by atoms with Gasteiger partial charge in [0.2, 0.25) is 12.3 Å². The molecule has 0 saturated heterocycles. The zero-order chi connectivity index (χ0) is 14.8. The van der Waals surface area contributed by atoms with Crippen molar-refractivity contribution in [2.24, 2.45) is 0 Å². The molecule has 2 nitrogen and oxygen atoms in total. The lowest BCUT2D eigenvalue weighted by atomic mass is 9.86. The summed E-state index contributed by atoms with van der Waals surface area (Å²) in [6.07, 6.45) is 3.80. The molecule has 0 fully saturated rings. The summed E-state index contributed by atoms with van der Waals surface area (Å²) in [5.74, 6) is 0.119. The van der Waals surface area contributed by atoms with Crippen LogP contribution < -0.4 is 21.5 Å². The van der Waals surface area contributed by atoms with E-state index in [1.807, 2.05) is 53.4 Å². The lowest BCUT2D eigenvalue weighted by molar-refractivity contribution is -0.683. The summed E-state index contributed by atoms with van der Waals surface area (Å²) in [6.45, 7) is 6.86. The van der Waals surface area contributed by atoms with Crippen LogP contribution in [0.15, 0.2) is 53.3 Å². The van der Waals surface area contributed by atoms with Crippen LogP contribution in [0.5, 0.6) is 0 Å². The third-order valence-corrected chi connectivity index (χ3v) is 3.69. The molecular formula is C17H19Br2NO. The van der Waals surface area contributed by atoms with E-state index in [0.29, 0.717) is 6.54 Å². The van der Waals surface area contributed by atoms with E-state index >= 15 is 0 Å². The highest BCUT2D eigenvalue weighted by atomic mass is 79.9. The van der Waals surface area contributed by atoms with E-state index in [2.05, 4.69) is 36.7 Å². The summed E-state index contributed by atoms with van der Waals surface area (Å²) in [4.78, 5) is 12.3. The van der Waals surface area contributed by atoms with Gasteiger partial charge in [0.25, 0.3) is 0 Å². The quantitative estimate of drug-likeness (QED) is 0.542. The highest BCUT2D eigenvalue weighted by Gasteiger charge is 2.16. The minimum atomic E-state index is 0. The molecule has 1 aromatic carbocycles. The molecule has 1 aromatic heterocycles. The van der Waals surface area contributed by atoms with Crippen molar-refractivity contribution >= 4 is 21.7 Å². The first-order valence-electron chi connectivity index (χ1n) is 6.64.